The maximum absolute atomic E-state index is 13.1. The third kappa shape index (κ3) is 5.36. The van der Waals surface area contributed by atoms with E-state index in [2.05, 4.69) is 20.5 Å². The predicted molar refractivity (Wildman–Crippen MR) is 136 cm³/mol. The fourth-order valence-corrected chi connectivity index (χ4v) is 5.37. The van der Waals surface area contributed by atoms with Crippen LogP contribution < -0.4 is 20.3 Å². The molecule has 3 heterocycles. The zero-order chi connectivity index (χ0) is 24.7. The van der Waals surface area contributed by atoms with Gasteiger partial charge in [0.2, 0.25) is 0 Å². The minimum atomic E-state index is -1.06. The summed E-state index contributed by atoms with van der Waals surface area (Å²) < 4.78 is 5.95. The van der Waals surface area contributed by atoms with Gasteiger partial charge in [-0.15, -0.1) is 0 Å². The third-order valence-corrected chi connectivity index (χ3v) is 7.81. The molecule has 35 heavy (non-hydrogen) atoms. The van der Waals surface area contributed by atoms with Crippen molar-refractivity contribution in [1.29, 1.82) is 0 Å². The highest BCUT2D eigenvalue weighted by atomic mass is 35.5. The summed E-state index contributed by atoms with van der Waals surface area (Å²) in [5.74, 6) is 1.18. The zero-order valence-electron chi connectivity index (χ0n) is 19.9. The van der Waals surface area contributed by atoms with Gasteiger partial charge in [-0.05, 0) is 76.6 Å². The topological polar surface area (TPSA) is 83.6 Å². The molecular formula is C26H30Cl2N4O3. The Morgan fingerprint density at radius 2 is 1.69 bits per heavy atom. The van der Waals surface area contributed by atoms with E-state index in [-0.39, 0.29) is 17.9 Å². The Labute approximate surface area is 215 Å². The first-order valence-electron chi connectivity index (χ1n) is 12.2. The van der Waals surface area contributed by atoms with Crippen molar-refractivity contribution >= 4 is 40.8 Å². The summed E-state index contributed by atoms with van der Waals surface area (Å²) in [5.41, 5.74) is -0.467. The van der Waals surface area contributed by atoms with Gasteiger partial charge in [0.05, 0.1) is 15.6 Å². The molecule has 1 saturated carbocycles. The largest absolute Gasteiger partial charge is 0.478 e. The summed E-state index contributed by atoms with van der Waals surface area (Å²) in [6.07, 6.45) is 7.60. The van der Waals surface area contributed by atoms with Crippen LogP contribution in [0.2, 0.25) is 10.0 Å². The van der Waals surface area contributed by atoms with E-state index in [1.807, 2.05) is 12.1 Å². The molecule has 2 aliphatic heterocycles. The SMILES string of the molecule is CC(C)(Oc1ccc(Cl)c(Cl)c1)C(=O)NC1C[C@H]2CC[C@@H](C1)N2c1ccc(C(=O)NC2CC2)cn1. The van der Waals surface area contributed by atoms with Crippen molar-refractivity contribution in [3.63, 3.8) is 0 Å². The van der Waals surface area contributed by atoms with Gasteiger partial charge >= 0.3 is 0 Å². The monoisotopic (exact) mass is 516 g/mol. The summed E-state index contributed by atoms with van der Waals surface area (Å²) in [6, 6.07) is 9.77. The molecule has 1 aromatic carbocycles. The normalized spacial score (nSPS) is 23.7. The Bertz CT molecular complexity index is 1110. The van der Waals surface area contributed by atoms with Gasteiger partial charge in [-0.2, -0.15) is 0 Å². The van der Waals surface area contributed by atoms with Gasteiger partial charge in [-0.25, -0.2) is 4.98 Å². The van der Waals surface area contributed by atoms with E-state index in [4.69, 9.17) is 27.9 Å². The highest BCUT2D eigenvalue weighted by Crippen LogP contribution is 2.39. The van der Waals surface area contributed by atoms with Crippen molar-refractivity contribution in [3.8, 4) is 5.75 Å². The molecule has 3 atom stereocenters. The maximum Gasteiger partial charge on any atom is 0.263 e. The number of hydrogen-bond donors (Lipinski definition) is 2. The molecule has 3 aliphatic rings. The van der Waals surface area contributed by atoms with Gasteiger partial charge in [0.15, 0.2) is 5.60 Å². The molecular weight excluding hydrogens is 487 g/mol. The molecule has 7 nitrogen and oxygen atoms in total. The number of nitrogens with zero attached hydrogens (tertiary/aromatic N) is 2. The lowest BCUT2D eigenvalue weighted by molar-refractivity contribution is -0.135. The van der Waals surface area contributed by atoms with Crippen molar-refractivity contribution in [2.45, 2.75) is 82.1 Å². The van der Waals surface area contributed by atoms with E-state index in [0.29, 0.717) is 39.5 Å². The smallest absolute Gasteiger partial charge is 0.263 e. The van der Waals surface area contributed by atoms with E-state index in [1.165, 1.54) is 0 Å². The lowest BCUT2D eigenvalue weighted by Crippen LogP contribution is -2.55. The quantitative estimate of drug-likeness (QED) is 0.554. The van der Waals surface area contributed by atoms with Crippen LogP contribution in [0.5, 0.6) is 5.75 Å². The fourth-order valence-electron chi connectivity index (χ4n) is 5.08. The van der Waals surface area contributed by atoms with Crippen LogP contribution in [0, 0.1) is 0 Å². The molecule has 3 fully saturated rings. The molecule has 0 radical (unpaired) electrons. The van der Waals surface area contributed by atoms with E-state index >= 15 is 0 Å². The molecule has 1 aromatic heterocycles. The lowest BCUT2D eigenvalue weighted by atomic mass is 9.96. The average molecular weight is 517 g/mol. The summed E-state index contributed by atoms with van der Waals surface area (Å²) in [5, 5.41) is 7.03. The van der Waals surface area contributed by atoms with Crippen LogP contribution in [0.4, 0.5) is 5.82 Å². The number of rotatable bonds is 7. The number of benzene rings is 1. The molecule has 0 spiro atoms. The number of amides is 2. The Balaban J connectivity index is 1.19. The number of hydrogen-bond acceptors (Lipinski definition) is 5. The molecule has 2 amide bonds. The molecule has 2 bridgehead atoms. The Morgan fingerprint density at radius 3 is 2.29 bits per heavy atom. The van der Waals surface area contributed by atoms with Crippen LogP contribution in [-0.4, -0.2) is 46.6 Å². The van der Waals surface area contributed by atoms with E-state index in [9.17, 15) is 9.59 Å². The highest BCUT2D eigenvalue weighted by Gasteiger charge is 2.43. The van der Waals surface area contributed by atoms with E-state index in [1.54, 1.807) is 38.2 Å². The number of carbonyl (C=O) groups excluding carboxylic acids is 2. The Kier molecular flexibility index (Phi) is 6.57. The molecule has 1 aliphatic carbocycles. The zero-order valence-corrected chi connectivity index (χ0v) is 21.4. The number of anilines is 1. The third-order valence-electron chi connectivity index (χ3n) is 7.07. The Morgan fingerprint density at radius 1 is 0.971 bits per heavy atom. The number of nitrogens with one attached hydrogen (secondary N) is 2. The summed E-state index contributed by atoms with van der Waals surface area (Å²) in [6.45, 7) is 3.50. The number of pyridine rings is 1. The first kappa shape index (κ1) is 24.2. The molecule has 2 aromatic rings. The molecule has 2 saturated heterocycles. The second-order valence-corrected chi connectivity index (χ2v) is 11.1. The van der Waals surface area contributed by atoms with E-state index < -0.39 is 5.60 Å². The standard InChI is InChI=1S/C26H30Cl2N4O3/c1-26(2,35-20-8-9-21(27)22(28)13-20)25(34)31-17-11-18-6-7-19(12-17)32(18)23-10-3-15(14-29-23)24(33)30-16-4-5-16/h3,8-10,13-14,16-19H,4-7,11-12H2,1-2H3,(H,30,33)(H,31,34)/t17?,18-,19+. The number of ether oxygens (including phenoxy) is 1. The second-order valence-electron chi connectivity index (χ2n) is 10.3. The van der Waals surface area contributed by atoms with Crippen LogP contribution in [0.1, 0.15) is 62.7 Å². The van der Waals surface area contributed by atoms with Gasteiger partial charge in [0.1, 0.15) is 11.6 Å². The molecule has 186 valence electrons. The van der Waals surface area contributed by atoms with Gasteiger partial charge in [0.25, 0.3) is 11.8 Å². The van der Waals surface area contributed by atoms with Gasteiger partial charge < -0.3 is 20.3 Å². The van der Waals surface area contributed by atoms with Crippen molar-refractivity contribution in [2.75, 3.05) is 4.90 Å². The van der Waals surface area contributed by atoms with Crippen LogP contribution in [-0.2, 0) is 4.79 Å². The number of piperidine rings is 1. The summed E-state index contributed by atoms with van der Waals surface area (Å²) in [7, 11) is 0. The first-order valence-corrected chi connectivity index (χ1v) is 13.0. The van der Waals surface area contributed by atoms with Crippen molar-refractivity contribution in [1.82, 2.24) is 15.6 Å². The second kappa shape index (κ2) is 9.51. The minimum Gasteiger partial charge on any atom is -0.478 e. The average Bonchev–Trinajstić information content (AvgIpc) is 3.59. The number of aromatic nitrogens is 1. The minimum absolute atomic E-state index is 0.0540. The molecule has 5 rings (SSSR count). The summed E-state index contributed by atoms with van der Waals surface area (Å²) >= 11 is 12.1. The maximum atomic E-state index is 13.1. The Hall–Kier alpha value is -2.51. The van der Waals surface area contributed by atoms with Crippen molar-refractivity contribution < 1.29 is 14.3 Å². The highest BCUT2D eigenvalue weighted by molar-refractivity contribution is 6.42. The van der Waals surface area contributed by atoms with Gasteiger partial charge in [-0.1, -0.05) is 23.2 Å². The summed E-state index contributed by atoms with van der Waals surface area (Å²) in [4.78, 5) is 32.3. The number of halogens is 2. The molecule has 9 heteroatoms. The lowest BCUT2D eigenvalue weighted by Gasteiger charge is -2.40. The van der Waals surface area contributed by atoms with Crippen LogP contribution in [0.15, 0.2) is 36.5 Å². The first-order chi connectivity index (χ1) is 16.7. The molecule has 1 unspecified atom stereocenters. The van der Waals surface area contributed by atoms with Gasteiger partial charge in [0, 0.05) is 36.4 Å². The van der Waals surface area contributed by atoms with Crippen LogP contribution in [0.25, 0.3) is 0 Å². The predicted octanol–water partition coefficient (Wildman–Crippen LogP) is 4.75. The van der Waals surface area contributed by atoms with Crippen molar-refractivity contribution in [2.24, 2.45) is 0 Å². The van der Waals surface area contributed by atoms with E-state index in [0.717, 1.165) is 44.3 Å². The number of fused-ring (bicyclic) bond motifs is 2. The van der Waals surface area contributed by atoms with Gasteiger partial charge in [-0.3, -0.25) is 9.59 Å². The van der Waals surface area contributed by atoms with Crippen LogP contribution >= 0.6 is 23.2 Å². The van der Waals surface area contributed by atoms with Crippen LogP contribution in [0.3, 0.4) is 0 Å². The fraction of sp³-hybridized carbons (Fsp3) is 0.500. The molecule has 2 N–H and O–H groups in total. The number of carbonyl (C=O) groups is 2. The van der Waals surface area contributed by atoms with Crippen molar-refractivity contribution in [3.05, 3.63) is 52.1 Å².